The van der Waals surface area contributed by atoms with Gasteiger partial charge in [-0.1, -0.05) is 0 Å². The Morgan fingerprint density at radius 1 is 0.909 bits per heavy atom. The van der Waals surface area contributed by atoms with Gasteiger partial charge in [-0.3, -0.25) is 0 Å². The SMILES string of the molecule is [CH]1CCC2(CC1)CCOCC2. The maximum Gasteiger partial charge on any atom is 0.0471 e. The van der Waals surface area contributed by atoms with Gasteiger partial charge in [0.2, 0.25) is 0 Å². The van der Waals surface area contributed by atoms with Crippen LogP contribution in [0.4, 0.5) is 0 Å². The molecule has 0 unspecified atom stereocenters. The summed E-state index contributed by atoms with van der Waals surface area (Å²) in [6, 6.07) is 0. The molecule has 0 atom stereocenters. The fraction of sp³-hybridized carbons (Fsp3) is 0.900. The standard InChI is InChI=1S/C10H17O/c1-2-4-10(5-3-1)6-8-11-9-7-10/h1H,2-9H2. The molecule has 11 heavy (non-hydrogen) atoms. The first-order valence-corrected chi connectivity index (χ1v) is 4.81. The van der Waals surface area contributed by atoms with E-state index < -0.39 is 0 Å². The Morgan fingerprint density at radius 2 is 1.55 bits per heavy atom. The quantitative estimate of drug-likeness (QED) is 0.519. The molecule has 2 fully saturated rings. The van der Waals surface area contributed by atoms with E-state index in [4.69, 9.17) is 4.74 Å². The van der Waals surface area contributed by atoms with Gasteiger partial charge in [-0.15, -0.1) is 0 Å². The summed E-state index contributed by atoms with van der Waals surface area (Å²) >= 11 is 0. The maximum absolute atomic E-state index is 5.39. The third-order valence-corrected chi connectivity index (χ3v) is 3.31. The molecule has 0 amide bonds. The summed E-state index contributed by atoms with van der Waals surface area (Å²) in [5.74, 6) is 0. The summed E-state index contributed by atoms with van der Waals surface area (Å²) in [4.78, 5) is 0. The zero-order chi connectivity index (χ0) is 7.57. The van der Waals surface area contributed by atoms with Crippen LogP contribution in [0.25, 0.3) is 0 Å². The predicted molar refractivity (Wildman–Crippen MR) is 45.3 cm³/mol. The number of rotatable bonds is 0. The second-order valence-corrected chi connectivity index (χ2v) is 3.98. The monoisotopic (exact) mass is 153 g/mol. The fourth-order valence-electron chi connectivity index (χ4n) is 2.39. The minimum atomic E-state index is 0.701. The topological polar surface area (TPSA) is 9.23 Å². The van der Waals surface area contributed by atoms with Crippen molar-refractivity contribution >= 4 is 0 Å². The highest BCUT2D eigenvalue weighted by Crippen LogP contribution is 2.43. The molecule has 1 nitrogen and oxygen atoms in total. The summed E-state index contributed by atoms with van der Waals surface area (Å²) in [6.07, 6.45) is 10.6. The van der Waals surface area contributed by atoms with Crippen LogP contribution in [0.3, 0.4) is 0 Å². The third-order valence-electron chi connectivity index (χ3n) is 3.31. The van der Waals surface area contributed by atoms with Gasteiger partial charge in [0.15, 0.2) is 0 Å². The van der Waals surface area contributed by atoms with E-state index in [-0.39, 0.29) is 0 Å². The maximum atomic E-state index is 5.39. The fourth-order valence-corrected chi connectivity index (χ4v) is 2.39. The molecule has 0 aromatic rings. The number of ether oxygens (including phenoxy) is 1. The van der Waals surface area contributed by atoms with Crippen molar-refractivity contribution in [1.82, 2.24) is 0 Å². The lowest BCUT2D eigenvalue weighted by molar-refractivity contribution is 0.000278. The highest BCUT2D eigenvalue weighted by atomic mass is 16.5. The van der Waals surface area contributed by atoms with E-state index in [9.17, 15) is 0 Å². The van der Waals surface area contributed by atoms with Crippen LogP contribution in [-0.2, 0) is 4.74 Å². The van der Waals surface area contributed by atoms with Crippen LogP contribution in [0, 0.1) is 11.8 Å². The lowest BCUT2D eigenvalue weighted by atomic mass is 9.69. The Bertz CT molecular complexity index is 99.3. The largest absolute Gasteiger partial charge is 0.381 e. The third kappa shape index (κ3) is 1.58. The van der Waals surface area contributed by atoms with Gasteiger partial charge in [-0.05, 0) is 50.4 Å². The van der Waals surface area contributed by atoms with Crippen LogP contribution < -0.4 is 0 Å². The second kappa shape index (κ2) is 3.14. The van der Waals surface area contributed by atoms with Gasteiger partial charge in [-0.25, -0.2) is 0 Å². The molecule has 0 aromatic carbocycles. The van der Waals surface area contributed by atoms with E-state index in [1.807, 2.05) is 0 Å². The summed E-state index contributed by atoms with van der Waals surface area (Å²) < 4.78 is 5.39. The van der Waals surface area contributed by atoms with Crippen molar-refractivity contribution in [1.29, 1.82) is 0 Å². The zero-order valence-electron chi connectivity index (χ0n) is 7.14. The lowest BCUT2D eigenvalue weighted by Gasteiger charge is -2.40. The molecule has 1 aliphatic carbocycles. The highest BCUT2D eigenvalue weighted by molar-refractivity contribution is 4.89. The van der Waals surface area contributed by atoms with Crippen molar-refractivity contribution in [3.8, 4) is 0 Å². The van der Waals surface area contributed by atoms with Crippen LogP contribution in [0.1, 0.15) is 38.5 Å². The molecular weight excluding hydrogens is 136 g/mol. The first-order chi connectivity index (χ1) is 5.41. The minimum absolute atomic E-state index is 0.701. The first-order valence-electron chi connectivity index (χ1n) is 4.81. The van der Waals surface area contributed by atoms with E-state index in [2.05, 4.69) is 6.42 Å². The van der Waals surface area contributed by atoms with Crippen LogP contribution in [0.2, 0.25) is 0 Å². The van der Waals surface area contributed by atoms with E-state index in [0.29, 0.717) is 5.41 Å². The Labute approximate surface area is 69.1 Å². The van der Waals surface area contributed by atoms with Gasteiger partial charge in [0.1, 0.15) is 0 Å². The second-order valence-electron chi connectivity index (χ2n) is 3.98. The molecule has 1 saturated heterocycles. The van der Waals surface area contributed by atoms with Gasteiger partial charge in [0.05, 0.1) is 0 Å². The summed E-state index contributed by atoms with van der Waals surface area (Å²) in [7, 11) is 0. The molecule has 1 heterocycles. The number of hydrogen-bond acceptors (Lipinski definition) is 1. The Hall–Kier alpha value is -0.0400. The molecular formula is C10H17O. The normalized spacial score (nSPS) is 30.5. The average Bonchev–Trinajstić information content (AvgIpc) is 2.07. The van der Waals surface area contributed by atoms with E-state index >= 15 is 0 Å². The first kappa shape index (κ1) is 7.60. The minimum Gasteiger partial charge on any atom is -0.381 e. The molecule has 1 heteroatoms. The van der Waals surface area contributed by atoms with Gasteiger partial charge < -0.3 is 4.74 Å². The van der Waals surface area contributed by atoms with E-state index in [0.717, 1.165) is 13.2 Å². The van der Waals surface area contributed by atoms with Crippen molar-refractivity contribution in [3.63, 3.8) is 0 Å². The van der Waals surface area contributed by atoms with Crippen LogP contribution in [0.15, 0.2) is 0 Å². The van der Waals surface area contributed by atoms with Gasteiger partial charge in [0, 0.05) is 13.2 Å². The smallest absolute Gasteiger partial charge is 0.0471 e. The summed E-state index contributed by atoms with van der Waals surface area (Å²) in [5, 5.41) is 0. The Kier molecular flexibility index (Phi) is 2.17. The van der Waals surface area contributed by atoms with Crippen molar-refractivity contribution in [3.05, 3.63) is 6.42 Å². The van der Waals surface area contributed by atoms with Crippen molar-refractivity contribution in [2.75, 3.05) is 13.2 Å². The molecule has 1 spiro atoms. The predicted octanol–water partition coefficient (Wildman–Crippen LogP) is 2.56. The van der Waals surface area contributed by atoms with Crippen LogP contribution >= 0.6 is 0 Å². The van der Waals surface area contributed by atoms with Crippen molar-refractivity contribution in [2.45, 2.75) is 38.5 Å². The van der Waals surface area contributed by atoms with Gasteiger partial charge in [-0.2, -0.15) is 0 Å². The molecule has 1 aliphatic heterocycles. The van der Waals surface area contributed by atoms with Crippen molar-refractivity contribution in [2.24, 2.45) is 5.41 Å². The molecule has 0 aromatic heterocycles. The van der Waals surface area contributed by atoms with Gasteiger partial charge in [0.25, 0.3) is 0 Å². The Balaban J connectivity index is 1.94. The molecule has 1 radical (unpaired) electrons. The molecule has 2 rings (SSSR count). The highest BCUT2D eigenvalue weighted by Gasteiger charge is 2.33. The van der Waals surface area contributed by atoms with Crippen LogP contribution in [-0.4, -0.2) is 13.2 Å². The summed E-state index contributed by atoms with van der Waals surface area (Å²) in [6.45, 7) is 2.03. The van der Waals surface area contributed by atoms with Crippen molar-refractivity contribution < 1.29 is 4.74 Å². The average molecular weight is 153 g/mol. The molecule has 1 saturated carbocycles. The van der Waals surface area contributed by atoms with Crippen LogP contribution in [0.5, 0.6) is 0 Å². The van der Waals surface area contributed by atoms with E-state index in [1.165, 1.54) is 38.5 Å². The molecule has 0 bridgehead atoms. The molecule has 2 aliphatic rings. The summed E-state index contributed by atoms with van der Waals surface area (Å²) in [5.41, 5.74) is 0.701. The number of hydrogen-bond donors (Lipinski definition) is 0. The lowest BCUT2D eigenvalue weighted by Crippen LogP contribution is -2.31. The van der Waals surface area contributed by atoms with Gasteiger partial charge >= 0.3 is 0 Å². The molecule has 0 N–H and O–H groups in total. The zero-order valence-corrected chi connectivity index (χ0v) is 7.14. The Morgan fingerprint density at radius 3 is 2.18 bits per heavy atom. The van der Waals surface area contributed by atoms with E-state index in [1.54, 1.807) is 0 Å². The molecule has 63 valence electrons.